The number of hydrogen-bond donors (Lipinski definition) is 2. The van der Waals surface area contributed by atoms with E-state index in [2.05, 4.69) is 30.0 Å². The molecule has 41 heavy (non-hydrogen) atoms. The Hall–Kier alpha value is -4.83. The molecule has 0 atom stereocenters. The van der Waals surface area contributed by atoms with E-state index in [-0.39, 0.29) is 5.82 Å². The van der Waals surface area contributed by atoms with E-state index in [1.165, 1.54) is 25.0 Å². The van der Waals surface area contributed by atoms with Gasteiger partial charge in [0.05, 0.1) is 41.9 Å². The van der Waals surface area contributed by atoms with Crippen LogP contribution in [0.5, 0.6) is 11.5 Å². The average molecular weight is 550 g/mol. The van der Waals surface area contributed by atoms with Gasteiger partial charge < -0.3 is 14.5 Å². The molecule has 7 rings (SSSR count). The van der Waals surface area contributed by atoms with Crippen molar-refractivity contribution in [2.24, 2.45) is 0 Å². The van der Waals surface area contributed by atoms with Gasteiger partial charge in [0.15, 0.2) is 0 Å². The van der Waals surface area contributed by atoms with E-state index in [4.69, 9.17) is 14.5 Å². The highest BCUT2D eigenvalue weighted by molar-refractivity contribution is 6.00. The number of rotatable bonds is 8. The summed E-state index contributed by atoms with van der Waals surface area (Å²) in [5.74, 6) is 0.812. The molecule has 9 nitrogen and oxygen atoms in total. The first-order valence-electron chi connectivity index (χ1n) is 13.6. The molecule has 0 radical (unpaired) electrons. The van der Waals surface area contributed by atoms with Crippen molar-refractivity contribution in [3.8, 4) is 45.3 Å². The van der Waals surface area contributed by atoms with Crippen LogP contribution in [0.3, 0.4) is 0 Å². The molecule has 1 aromatic carbocycles. The van der Waals surface area contributed by atoms with Crippen LogP contribution in [0, 0.1) is 5.82 Å². The number of ether oxygens (including phenoxy) is 2. The third kappa shape index (κ3) is 4.98. The molecule has 0 spiro atoms. The highest BCUT2D eigenvalue weighted by Gasteiger charge is 2.17. The Morgan fingerprint density at radius 1 is 0.902 bits per heavy atom. The molecule has 0 saturated carbocycles. The van der Waals surface area contributed by atoms with Crippen LogP contribution in [0.25, 0.3) is 55.7 Å². The second-order valence-electron chi connectivity index (χ2n) is 10.2. The third-order valence-corrected chi connectivity index (χ3v) is 7.51. The minimum Gasteiger partial charge on any atom is -0.495 e. The van der Waals surface area contributed by atoms with E-state index in [1.54, 1.807) is 31.9 Å². The topological polar surface area (TPSA) is 105 Å². The van der Waals surface area contributed by atoms with E-state index in [0.29, 0.717) is 34.9 Å². The van der Waals surface area contributed by atoms with Gasteiger partial charge in [-0.1, -0.05) is 0 Å². The zero-order valence-electron chi connectivity index (χ0n) is 22.5. The van der Waals surface area contributed by atoms with Gasteiger partial charge in [0, 0.05) is 41.5 Å². The zero-order chi connectivity index (χ0) is 27.8. The molecule has 0 aliphatic carbocycles. The first-order chi connectivity index (χ1) is 20.1. The minimum atomic E-state index is -0.353. The van der Waals surface area contributed by atoms with Crippen LogP contribution in [0.15, 0.2) is 67.3 Å². The molecule has 6 aromatic rings. The molecular formula is C31H28FN7O2. The Bertz CT molecular complexity index is 1860. The van der Waals surface area contributed by atoms with Crippen molar-refractivity contribution >= 4 is 21.9 Å². The predicted octanol–water partition coefficient (Wildman–Crippen LogP) is 5.85. The average Bonchev–Trinajstić information content (AvgIpc) is 3.76. The van der Waals surface area contributed by atoms with Crippen LogP contribution >= 0.6 is 0 Å². The maximum Gasteiger partial charge on any atom is 0.137 e. The van der Waals surface area contributed by atoms with E-state index in [9.17, 15) is 4.39 Å². The molecule has 0 amide bonds. The minimum absolute atomic E-state index is 0.353. The van der Waals surface area contributed by atoms with Crippen LogP contribution in [0.4, 0.5) is 4.39 Å². The summed E-state index contributed by atoms with van der Waals surface area (Å²) in [6.45, 7) is 3.56. The van der Waals surface area contributed by atoms with Crippen molar-refractivity contribution in [1.29, 1.82) is 0 Å². The third-order valence-electron chi connectivity index (χ3n) is 7.51. The maximum absolute atomic E-state index is 14.7. The molecule has 1 saturated heterocycles. The van der Waals surface area contributed by atoms with Gasteiger partial charge in [-0.05, 0) is 67.9 Å². The summed E-state index contributed by atoms with van der Waals surface area (Å²) in [6.07, 6.45) is 9.36. The summed E-state index contributed by atoms with van der Waals surface area (Å²) in [5, 5.41) is 8.53. The number of halogens is 1. The molecule has 0 unspecified atom stereocenters. The van der Waals surface area contributed by atoms with Crippen molar-refractivity contribution in [3.05, 3.63) is 73.1 Å². The lowest BCUT2D eigenvalue weighted by molar-refractivity contribution is 0.237. The summed E-state index contributed by atoms with van der Waals surface area (Å²) in [6, 6.07) is 12.6. The van der Waals surface area contributed by atoms with E-state index in [1.807, 2.05) is 30.3 Å². The normalized spacial score (nSPS) is 13.8. The smallest absolute Gasteiger partial charge is 0.137 e. The number of nitrogens with zero attached hydrogens (tertiary/aromatic N) is 5. The SMILES string of the molecule is COc1cncc(-c2ccc3[nH]nc(-c4cc5c(-c6cc(F)cc(OCCN7CCCC7)c6)cncc5[nH]4)c3n2)c1. The number of H-pyrrole nitrogens is 2. The Morgan fingerprint density at radius 3 is 2.63 bits per heavy atom. The van der Waals surface area contributed by atoms with Crippen LogP contribution in [0.2, 0.25) is 0 Å². The fraction of sp³-hybridized carbons (Fsp3) is 0.226. The second-order valence-corrected chi connectivity index (χ2v) is 10.2. The quantitative estimate of drug-likeness (QED) is 0.245. The largest absolute Gasteiger partial charge is 0.495 e. The van der Waals surface area contributed by atoms with Gasteiger partial charge in [0.1, 0.15) is 35.1 Å². The van der Waals surface area contributed by atoms with Gasteiger partial charge >= 0.3 is 0 Å². The van der Waals surface area contributed by atoms with E-state index < -0.39 is 0 Å². The van der Waals surface area contributed by atoms with Crippen LogP contribution < -0.4 is 9.47 Å². The number of hydrogen-bond acceptors (Lipinski definition) is 7. The summed E-state index contributed by atoms with van der Waals surface area (Å²) in [7, 11) is 1.61. The first kappa shape index (κ1) is 25.2. The molecule has 2 N–H and O–H groups in total. The number of likely N-dealkylation sites (tertiary alicyclic amines) is 1. The van der Waals surface area contributed by atoms with Crippen molar-refractivity contribution in [3.63, 3.8) is 0 Å². The molecule has 1 aliphatic rings. The highest BCUT2D eigenvalue weighted by atomic mass is 19.1. The number of methoxy groups -OCH3 is 1. The Balaban J connectivity index is 1.23. The summed E-state index contributed by atoms with van der Waals surface area (Å²) in [4.78, 5) is 19.4. The number of benzene rings is 1. The Morgan fingerprint density at radius 2 is 1.76 bits per heavy atom. The van der Waals surface area contributed by atoms with Crippen LogP contribution in [-0.4, -0.2) is 68.4 Å². The van der Waals surface area contributed by atoms with Gasteiger partial charge in [-0.2, -0.15) is 5.10 Å². The Kier molecular flexibility index (Phi) is 6.52. The number of aromatic amines is 2. The summed E-state index contributed by atoms with van der Waals surface area (Å²) in [5.41, 5.74) is 6.85. The molecule has 0 bridgehead atoms. The molecular weight excluding hydrogens is 521 g/mol. The lowest BCUT2D eigenvalue weighted by atomic mass is 10.0. The maximum atomic E-state index is 14.7. The highest BCUT2D eigenvalue weighted by Crippen LogP contribution is 2.35. The number of pyridine rings is 3. The van der Waals surface area contributed by atoms with Gasteiger partial charge in [-0.15, -0.1) is 0 Å². The van der Waals surface area contributed by atoms with Gasteiger partial charge in [-0.25, -0.2) is 9.37 Å². The summed E-state index contributed by atoms with van der Waals surface area (Å²) >= 11 is 0. The zero-order valence-corrected chi connectivity index (χ0v) is 22.5. The van der Waals surface area contributed by atoms with Crippen molar-refractivity contribution in [2.45, 2.75) is 12.8 Å². The van der Waals surface area contributed by atoms with Crippen molar-refractivity contribution in [1.82, 2.24) is 35.0 Å². The van der Waals surface area contributed by atoms with Gasteiger partial charge in [0.2, 0.25) is 0 Å². The van der Waals surface area contributed by atoms with Crippen molar-refractivity contribution < 1.29 is 13.9 Å². The molecule has 6 heterocycles. The van der Waals surface area contributed by atoms with Gasteiger partial charge in [0.25, 0.3) is 0 Å². The molecule has 10 heteroatoms. The first-order valence-corrected chi connectivity index (χ1v) is 13.6. The fourth-order valence-corrected chi connectivity index (χ4v) is 5.43. The Labute approximate surface area is 235 Å². The van der Waals surface area contributed by atoms with Crippen LogP contribution in [0.1, 0.15) is 12.8 Å². The number of aromatic nitrogens is 6. The standard InChI is InChI=1S/C31H28FN7O2/c1-40-23-12-20(15-33-16-23)26-4-5-27-30(36-26)31(38-37-27)28-14-24-25(17-34-18-29(24)35-28)19-10-21(32)13-22(11-19)41-9-8-39-6-2-3-7-39/h4-5,10-18,35H,2-3,6-9H2,1H3,(H,37,38). The van der Waals surface area contributed by atoms with E-state index in [0.717, 1.165) is 58.6 Å². The monoisotopic (exact) mass is 549 g/mol. The lowest BCUT2D eigenvalue weighted by Crippen LogP contribution is -2.25. The molecule has 1 fully saturated rings. The molecule has 5 aromatic heterocycles. The van der Waals surface area contributed by atoms with Gasteiger partial charge in [-0.3, -0.25) is 20.0 Å². The van der Waals surface area contributed by atoms with Crippen molar-refractivity contribution in [2.75, 3.05) is 33.4 Å². The predicted molar refractivity (Wildman–Crippen MR) is 155 cm³/mol. The second kappa shape index (κ2) is 10.6. The van der Waals surface area contributed by atoms with E-state index >= 15 is 0 Å². The lowest BCUT2D eigenvalue weighted by Gasteiger charge is -2.15. The number of fused-ring (bicyclic) bond motifs is 2. The molecule has 1 aliphatic heterocycles. The molecule has 206 valence electrons. The van der Waals surface area contributed by atoms with Crippen LogP contribution in [-0.2, 0) is 0 Å². The summed E-state index contributed by atoms with van der Waals surface area (Å²) < 4.78 is 26.0. The fourth-order valence-electron chi connectivity index (χ4n) is 5.43. The number of nitrogens with one attached hydrogen (secondary N) is 2.